The topological polar surface area (TPSA) is 17.0 Å². The molecule has 4 heteroatoms. The van der Waals surface area contributed by atoms with Crippen molar-refractivity contribution in [3.63, 3.8) is 0 Å². The second kappa shape index (κ2) is 5.86. The summed E-state index contributed by atoms with van der Waals surface area (Å²) >= 11 is 1.71. The Bertz CT molecular complexity index is 770. The van der Waals surface area contributed by atoms with E-state index in [0.717, 1.165) is 30.5 Å². The van der Waals surface area contributed by atoms with Gasteiger partial charge in [0.05, 0.1) is 5.52 Å². The van der Waals surface area contributed by atoms with Crippen molar-refractivity contribution in [3.05, 3.63) is 58.2 Å². The lowest BCUT2D eigenvalue weighted by molar-refractivity contribution is 0.445. The molecule has 1 fully saturated rings. The first-order valence-electron chi connectivity index (χ1n) is 7.82. The van der Waals surface area contributed by atoms with Crippen molar-refractivity contribution in [3.8, 4) is 0 Å². The van der Waals surface area contributed by atoms with E-state index >= 15 is 0 Å². The Morgan fingerprint density at radius 3 is 3.00 bits per heavy atom. The molecule has 0 amide bonds. The molecule has 1 aliphatic rings. The fourth-order valence-electron chi connectivity index (χ4n) is 3.43. The summed E-state index contributed by atoms with van der Waals surface area (Å²) in [4.78, 5) is 0. The number of piperidine rings is 1. The maximum Gasteiger partial charge on any atom is 0.125 e. The average Bonchev–Trinajstić information content (AvgIpc) is 3.17. The van der Waals surface area contributed by atoms with Gasteiger partial charge in [-0.05, 0) is 66.0 Å². The van der Waals surface area contributed by atoms with Crippen molar-refractivity contribution in [2.45, 2.75) is 25.3 Å². The van der Waals surface area contributed by atoms with Crippen molar-refractivity contribution in [2.24, 2.45) is 0 Å². The van der Waals surface area contributed by atoms with Gasteiger partial charge in [0.25, 0.3) is 0 Å². The van der Waals surface area contributed by atoms with E-state index in [4.69, 9.17) is 0 Å². The molecule has 1 aromatic carbocycles. The van der Waals surface area contributed by atoms with Crippen LogP contribution < -0.4 is 5.32 Å². The van der Waals surface area contributed by atoms with E-state index in [-0.39, 0.29) is 5.82 Å². The van der Waals surface area contributed by atoms with Crippen LogP contribution in [-0.2, 0) is 6.54 Å². The zero-order chi connectivity index (χ0) is 14.9. The van der Waals surface area contributed by atoms with Gasteiger partial charge in [0.2, 0.25) is 0 Å². The molecular weight excluding hydrogens is 295 g/mol. The number of nitrogens with one attached hydrogen (secondary N) is 1. The first kappa shape index (κ1) is 14.0. The first-order valence-corrected chi connectivity index (χ1v) is 8.76. The molecule has 0 saturated carbocycles. The minimum absolute atomic E-state index is 0.162. The van der Waals surface area contributed by atoms with Crippen LogP contribution in [0.25, 0.3) is 10.9 Å². The summed E-state index contributed by atoms with van der Waals surface area (Å²) in [7, 11) is 0. The van der Waals surface area contributed by atoms with Gasteiger partial charge < -0.3 is 9.88 Å². The van der Waals surface area contributed by atoms with E-state index in [1.807, 2.05) is 6.07 Å². The number of thiophene rings is 1. The molecule has 3 aromatic rings. The fourth-order valence-corrected chi connectivity index (χ4v) is 4.09. The van der Waals surface area contributed by atoms with E-state index in [0.29, 0.717) is 5.92 Å². The van der Waals surface area contributed by atoms with E-state index in [2.05, 4.69) is 32.8 Å². The summed E-state index contributed by atoms with van der Waals surface area (Å²) < 4.78 is 16.0. The van der Waals surface area contributed by atoms with Gasteiger partial charge in [0.1, 0.15) is 5.82 Å². The third-order valence-electron chi connectivity index (χ3n) is 4.53. The van der Waals surface area contributed by atoms with E-state index in [9.17, 15) is 4.39 Å². The van der Waals surface area contributed by atoms with Crippen LogP contribution in [0.4, 0.5) is 4.39 Å². The highest BCUT2D eigenvalue weighted by Crippen LogP contribution is 2.31. The van der Waals surface area contributed by atoms with Crippen molar-refractivity contribution < 1.29 is 4.39 Å². The predicted molar refractivity (Wildman–Crippen MR) is 90.2 cm³/mol. The lowest BCUT2D eigenvalue weighted by Gasteiger charge is -2.24. The molecule has 1 saturated heterocycles. The molecule has 0 spiro atoms. The largest absolute Gasteiger partial charge is 0.340 e. The van der Waals surface area contributed by atoms with E-state index < -0.39 is 0 Å². The number of hydrogen-bond acceptors (Lipinski definition) is 2. The predicted octanol–water partition coefficient (Wildman–Crippen LogP) is 4.36. The van der Waals surface area contributed by atoms with Crippen LogP contribution in [0.15, 0.2) is 41.1 Å². The Labute approximate surface area is 133 Å². The Morgan fingerprint density at radius 2 is 2.23 bits per heavy atom. The Kier molecular flexibility index (Phi) is 3.72. The van der Waals surface area contributed by atoms with Crippen LogP contribution >= 0.6 is 11.3 Å². The van der Waals surface area contributed by atoms with Gasteiger partial charge in [-0.25, -0.2) is 4.39 Å². The van der Waals surface area contributed by atoms with Crippen LogP contribution in [-0.4, -0.2) is 17.7 Å². The first-order chi connectivity index (χ1) is 10.8. The summed E-state index contributed by atoms with van der Waals surface area (Å²) in [5.74, 6) is 0.355. The molecular formula is C18H19FN2S. The van der Waals surface area contributed by atoms with Gasteiger partial charge in [-0.1, -0.05) is 0 Å². The summed E-state index contributed by atoms with van der Waals surface area (Å²) in [6, 6.07) is 9.52. The van der Waals surface area contributed by atoms with Crippen molar-refractivity contribution >= 4 is 22.2 Å². The lowest BCUT2D eigenvalue weighted by atomic mass is 9.96. The maximum atomic E-state index is 13.7. The quantitative estimate of drug-likeness (QED) is 0.760. The summed E-state index contributed by atoms with van der Waals surface area (Å²) in [6.07, 6.45) is 2.41. The minimum atomic E-state index is -0.162. The van der Waals surface area contributed by atoms with Crippen molar-refractivity contribution in [1.82, 2.24) is 9.88 Å². The summed E-state index contributed by atoms with van der Waals surface area (Å²) in [6.45, 7) is 2.95. The summed E-state index contributed by atoms with van der Waals surface area (Å²) in [5, 5.41) is 8.90. The highest BCUT2D eigenvalue weighted by Gasteiger charge is 2.21. The van der Waals surface area contributed by atoms with Gasteiger partial charge >= 0.3 is 0 Å². The van der Waals surface area contributed by atoms with Gasteiger partial charge in [-0.15, -0.1) is 0 Å². The third-order valence-corrected chi connectivity index (χ3v) is 5.27. The fraction of sp³-hybridized carbons (Fsp3) is 0.333. The molecule has 2 aromatic heterocycles. The number of hydrogen-bond donors (Lipinski definition) is 1. The lowest BCUT2D eigenvalue weighted by Crippen LogP contribution is -2.29. The molecule has 0 aliphatic carbocycles. The highest BCUT2D eigenvalue weighted by molar-refractivity contribution is 7.07. The SMILES string of the molecule is Fc1ccc2cc(C3CCCNC3)n(Cc3ccsc3)c2c1. The smallest absolute Gasteiger partial charge is 0.125 e. The van der Waals surface area contributed by atoms with Crippen LogP contribution in [0.1, 0.15) is 30.0 Å². The molecule has 4 rings (SSSR count). The highest BCUT2D eigenvalue weighted by atomic mass is 32.1. The molecule has 114 valence electrons. The van der Waals surface area contributed by atoms with E-state index in [1.54, 1.807) is 23.5 Å². The summed E-state index contributed by atoms with van der Waals surface area (Å²) in [5.41, 5.74) is 3.63. The van der Waals surface area contributed by atoms with Crippen LogP contribution in [0, 0.1) is 5.82 Å². The van der Waals surface area contributed by atoms with Gasteiger partial charge in [0, 0.05) is 30.1 Å². The molecule has 1 N–H and O–H groups in total. The van der Waals surface area contributed by atoms with Gasteiger partial charge in [-0.3, -0.25) is 0 Å². The molecule has 22 heavy (non-hydrogen) atoms. The Morgan fingerprint density at radius 1 is 1.27 bits per heavy atom. The maximum absolute atomic E-state index is 13.7. The zero-order valence-electron chi connectivity index (χ0n) is 12.4. The standard InChI is InChI=1S/C18H19FN2S/c19-16-4-3-14-8-17(15-2-1-6-20-10-15)21(18(14)9-16)11-13-5-7-22-12-13/h3-5,7-9,12,15,20H,1-2,6,10-11H2. The molecule has 0 radical (unpaired) electrons. The number of aromatic nitrogens is 1. The Hall–Kier alpha value is -1.65. The van der Waals surface area contributed by atoms with Gasteiger partial charge in [-0.2, -0.15) is 11.3 Å². The molecule has 3 heterocycles. The zero-order valence-corrected chi connectivity index (χ0v) is 13.2. The van der Waals surface area contributed by atoms with E-state index in [1.165, 1.54) is 24.1 Å². The number of benzene rings is 1. The van der Waals surface area contributed by atoms with Crippen LogP contribution in [0.5, 0.6) is 0 Å². The molecule has 1 unspecified atom stereocenters. The number of rotatable bonds is 3. The van der Waals surface area contributed by atoms with Gasteiger partial charge in [0.15, 0.2) is 0 Å². The van der Waals surface area contributed by atoms with Crippen LogP contribution in [0.2, 0.25) is 0 Å². The van der Waals surface area contributed by atoms with Crippen molar-refractivity contribution in [2.75, 3.05) is 13.1 Å². The second-order valence-corrected chi connectivity index (χ2v) is 6.81. The van der Waals surface area contributed by atoms with Crippen LogP contribution in [0.3, 0.4) is 0 Å². The normalized spacial score (nSPS) is 18.9. The third kappa shape index (κ3) is 2.57. The van der Waals surface area contributed by atoms with Crippen molar-refractivity contribution in [1.29, 1.82) is 0 Å². The number of fused-ring (bicyclic) bond motifs is 1. The average molecular weight is 314 g/mol. The molecule has 1 atom stereocenters. The number of nitrogens with zero attached hydrogens (tertiary/aromatic N) is 1. The second-order valence-electron chi connectivity index (χ2n) is 6.03. The molecule has 0 bridgehead atoms. The monoisotopic (exact) mass is 314 g/mol. The molecule has 1 aliphatic heterocycles. The number of halogens is 1. The Balaban J connectivity index is 1.82. The molecule has 2 nitrogen and oxygen atoms in total. The minimum Gasteiger partial charge on any atom is -0.340 e.